The lowest BCUT2D eigenvalue weighted by molar-refractivity contribution is -0.141. The highest BCUT2D eigenvalue weighted by Gasteiger charge is 2.22. The molecule has 1 heterocycles. The van der Waals surface area contributed by atoms with Gasteiger partial charge in [-0.05, 0) is 7.05 Å². The number of carboxylic acid groups (broad SMARTS) is 1. The zero-order chi connectivity index (χ0) is 13.9. The molecule has 18 heavy (non-hydrogen) atoms. The number of carbonyl (C=O) groups is 1. The van der Waals surface area contributed by atoms with Crippen LogP contribution >= 0.6 is 0 Å². The lowest BCUT2D eigenvalue weighted by Gasteiger charge is -2.17. The fourth-order valence-corrected chi connectivity index (χ4v) is 1.46. The van der Waals surface area contributed by atoms with Gasteiger partial charge in [-0.15, -0.1) is 10.2 Å². The second-order valence-corrected chi connectivity index (χ2v) is 5.69. The minimum absolute atomic E-state index is 0.168. The largest absolute Gasteiger partial charge is 0.481 e. The van der Waals surface area contributed by atoms with Gasteiger partial charge in [-0.1, -0.05) is 27.7 Å². The summed E-state index contributed by atoms with van der Waals surface area (Å²) in [5.74, 6) is -0.111. The van der Waals surface area contributed by atoms with Crippen molar-refractivity contribution in [2.75, 3.05) is 13.6 Å². The number of hydrogen-bond donors (Lipinski definition) is 1. The van der Waals surface area contributed by atoms with Gasteiger partial charge < -0.3 is 9.52 Å². The van der Waals surface area contributed by atoms with Crippen LogP contribution < -0.4 is 0 Å². The van der Waals surface area contributed by atoms with Crippen molar-refractivity contribution in [3.8, 4) is 0 Å². The second kappa shape index (κ2) is 5.48. The summed E-state index contributed by atoms with van der Waals surface area (Å²) in [4.78, 5) is 12.6. The summed E-state index contributed by atoms with van der Waals surface area (Å²) in [6.45, 7) is 8.58. The van der Waals surface area contributed by atoms with Crippen molar-refractivity contribution in [1.29, 1.82) is 0 Å². The lowest BCUT2D eigenvalue weighted by atomic mass is 9.97. The Balaban J connectivity index is 2.57. The van der Waals surface area contributed by atoms with Gasteiger partial charge >= 0.3 is 5.97 Å². The Kier molecular flexibility index (Phi) is 4.45. The van der Waals surface area contributed by atoms with Crippen molar-refractivity contribution in [1.82, 2.24) is 15.1 Å². The Morgan fingerprint density at radius 1 is 1.44 bits per heavy atom. The first-order chi connectivity index (χ1) is 8.20. The van der Waals surface area contributed by atoms with Crippen LogP contribution in [-0.2, 0) is 16.8 Å². The summed E-state index contributed by atoms with van der Waals surface area (Å²) in [7, 11) is 1.83. The van der Waals surface area contributed by atoms with Crippen LogP contribution in [0.5, 0.6) is 0 Å². The van der Waals surface area contributed by atoms with E-state index in [-0.39, 0.29) is 5.41 Å². The Labute approximate surface area is 107 Å². The zero-order valence-corrected chi connectivity index (χ0v) is 11.6. The summed E-state index contributed by atoms with van der Waals surface area (Å²) in [5.41, 5.74) is -0.168. The highest BCUT2D eigenvalue weighted by molar-refractivity contribution is 5.69. The quantitative estimate of drug-likeness (QED) is 0.859. The maximum absolute atomic E-state index is 10.7. The first-order valence-electron chi connectivity index (χ1n) is 5.94. The molecule has 0 aromatic carbocycles. The van der Waals surface area contributed by atoms with E-state index in [4.69, 9.17) is 9.52 Å². The van der Waals surface area contributed by atoms with E-state index in [1.54, 1.807) is 6.92 Å². The second-order valence-electron chi connectivity index (χ2n) is 5.69. The summed E-state index contributed by atoms with van der Waals surface area (Å²) in [6.07, 6.45) is 0. The highest BCUT2D eigenvalue weighted by Crippen LogP contribution is 2.20. The van der Waals surface area contributed by atoms with Gasteiger partial charge in [-0.2, -0.15) is 0 Å². The summed E-state index contributed by atoms with van der Waals surface area (Å²) < 4.78 is 5.55. The molecule has 6 heteroatoms. The number of rotatable bonds is 5. The van der Waals surface area contributed by atoms with Crippen LogP contribution in [0.4, 0.5) is 0 Å². The van der Waals surface area contributed by atoms with Crippen LogP contribution in [0, 0.1) is 5.92 Å². The third-order valence-corrected chi connectivity index (χ3v) is 2.52. The van der Waals surface area contributed by atoms with Gasteiger partial charge in [0.05, 0.1) is 12.5 Å². The highest BCUT2D eigenvalue weighted by atomic mass is 16.4. The Morgan fingerprint density at radius 2 is 2.06 bits per heavy atom. The van der Waals surface area contributed by atoms with E-state index in [0.717, 1.165) is 0 Å². The van der Waals surface area contributed by atoms with E-state index in [2.05, 4.69) is 10.2 Å². The SMILES string of the molecule is CC(CN(C)Cc1nnc(C(C)(C)C)o1)C(=O)O. The number of carboxylic acids is 1. The Morgan fingerprint density at radius 3 is 2.50 bits per heavy atom. The first kappa shape index (κ1) is 14.6. The van der Waals surface area contributed by atoms with Gasteiger partial charge in [0.2, 0.25) is 11.8 Å². The van der Waals surface area contributed by atoms with E-state index in [1.165, 1.54) is 0 Å². The molecule has 1 N–H and O–H groups in total. The number of aliphatic carboxylic acids is 1. The molecule has 0 bridgehead atoms. The predicted octanol–water partition coefficient (Wildman–Crippen LogP) is 1.52. The molecule has 102 valence electrons. The lowest BCUT2D eigenvalue weighted by Crippen LogP contribution is -2.28. The van der Waals surface area contributed by atoms with E-state index >= 15 is 0 Å². The molecule has 1 aromatic rings. The van der Waals surface area contributed by atoms with Gasteiger partial charge in [0.1, 0.15) is 0 Å². The third kappa shape index (κ3) is 4.10. The first-order valence-corrected chi connectivity index (χ1v) is 5.94. The molecule has 0 saturated carbocycles. The molecule has 1 rings (SSSR count). The van der Waals surface area contributed by atoms with Gasteiger partial charge in [0.15, 0.2) is 0 Å². The van der Waals surface area contributed by atoms with Crippen LogP contribution in [-0.4, -0.2) is 39.8 Å². The molecule has 1 aromatic heterocycles. The number of hydrogen-bond acceptors (Lipinski definition) is 5. The van der Waals surface area contributed by atoms with Crippen molar-refractivity contribution in [3.05, 3.63) is 11.8 Å². The van der Waals surface area contributed by atoms with Gasteiger partial charge in [0, 0.05) is 12.0 Å². The monoisotopic (exact) mass is 255 g/mol. The van der Waals surface area contributed by atoms with Crippen molar-refractivity contribution in [3.63, 3.8) is 0 Å². The third-order valence-electron chi connectivity index (χ3n) is 2.52. The van der Waals surface area contributed by atoms with Crippen LogP contribution in [0.3, 0.4) is 0 Å². The fourth-order valence-electron chi connectivity index (χ4n) is 1.46. The average Bonchev–Trinajstić information content (AvgIpc) is 2.64. The molecule has 0 aliphatic rings. The van der Waals surface area contributed by atoms with Crippen molar-refractivity contribution >= 4 is 5.97 Å². The normalized spacial score (nSPS) is 13.9. The van der Waals surface area contributed by atoms with E-state index in [1.807, 2.05) is 32.7 Å². The average molecular weight is 255 g/mol. The number of nitrogens with zero attached hydrogens (tertiary/aromatic N) is 3. The molecule has 0 aliphatic heterocycles. The maximum Gasteiger partial charge on any atom is 0.307 e. The molecule has 0 saturated heterocycles. The van der Waals surface area contributed by atoms with Crippen molar-refractivity contribution < 1.29 is 14.3 Å². The minimum Gasteiger partial charge on any atom is -0.481 e. The smallest absolute Gasteiger partial charge is 0.307 e. The van der Waals surface area contributed by atoms with E-state index < -0.39 is 11.9 Å². The minimum atomic E-state index is -0.803. The van der Waals surface area contributed by atoms with Gasteiger partial charge in [-0.25, -0.2) is 0 Å². The van der Waals surface area contributed by atoms with Crippen molar-refractivity contribution in [2.45, 2.75) is 39.7 Å². The van der Waals surface area contributed by atoms with Crippen LogP contribution in [0.1, 0.15) is 39.5 Å². The topological polar surface area (TPSA) is 79.5 Å². The van der Waals surface area contributed by atoms with Gasteiger partial charge in [0.25, 0.3) is 0 Å². The molecule has 0 fully saturated rings. The van der Waals surface area contributed by atoms with Crippen LogP contribution in [0.25, 0.3) is 0 Å². The van der Waals surface area contributed by atoms with Crippen LogP contribution in [0.15, 0.2) is 4.42 Å². The predicted molar refractivity (Wildman–Crippen MR) is 66.1 cm³/mol. The van der Waals surface area contributed by atoms with E-state index in [9.17, 15) is 4.79 Å². The fraction of sp³-hybridized carbons (Fsp3) is 0.750. The standard InChI is InChI=1S/C12H21N3O3/c1-8(10(16)17)6-15(5)7-9-13-14-11(18-9)12(2,3)4/h8H,6-7H2,1-5H3,(H,16,17). The molecule has 1 unspecified atom stereocenters. The maximum atomic E-state index is 10.7. The Bertz CT molecular complexity index is 409. The molecule has 0 aliphatic carbocycles. The molecular weight excluding hydrogens is 234 g/mol. The number of aromatic nitrogens is 2. The summed E-state index contributed by atoms with van der Waals surface area (Å²) >= 11 is 0. The van der Waals surface area contributed by atoms with Gasteiger partial charge in [-0.3, -0.25) is 9.69 Å². The molecule has 1 atom stereocenters. The molecule has 0 radical (unpaired) electrons. The molecule has 0 spiro atoms. The van der Waals surface area contributed by atoms with E-state index in [0.29, 0.717) is 24.9 Å². The summed E-state index contributed by atoms with van der Waals surface area (Å²) in [6, 6.07) is 0. The summed E-state index contributed by atoms with van der Waals surface area (Å²) in [5, 5.41) is 16.8. The molecule has 6 nitrogen and oxygen atoms in total. The zero-order valence-electron chi connectivity index (χ0n) is 11.6. The van der Waals surface area contributed by atoms with Crippen molar-refractivity contribution in [2.24, 2.45) is 5.92 Å². The Hall–Kier alpha value is -1.43. The molecular formula is C12H21N3O3. The molecule has 0 amide bonds. The van der Waals surface area contributed by atoms with Crippen LogP contribution in [0.2, 0.25) is 0 Å².